The number of nitrogens with one attached hydrogen (secondary N) is 1. The molecule has 0 fully saturated rings. The van der Waals surface area contributed by atoms with Gasteiger partial charge in [0.25, 0.3) is 5.56 Å². The summed E-state index contributed by atoms with van der Waals surface area (Å²) in [5.74, 6) is 1.19. The van der Waals surface area contributed by atoms with E-state index in [9.17, 15) is 9.18 Å². The number of hydrogen-bond donors (Lipinski definition) is 1. The first-order valence-electron chi connectivity index (χ1n) is 9.65. The van der Waals surface area contributed by atoms with Crippen LogP contribution in [0.2, 0.25) is 0 Å². The SMILES string of the molecule is O=c1[nH]c(CSc2nnc(COc3ccccc3F)n2-c2ccccc2)nc2ccsc12. The van der Waals surface area contributed by atoms with Gasteiger partial charge in [-0.05, 0) is 35.7 Å². The zero-order valence-corrected chi connectivity index (χ0v) is 18.2. The molecule has 1 N–H and O–H groups in total. The van der Waals surface area contributed by atoms with E-state index in [0.717, 1.165) is 5.69 Å². The van der Waals surface area contributed by atoms with Gasteiger partial charge in [0.1, 0.15) is 17.1 Å². The molecule has 0 bridgehead atoms. The minimum Gasteiger partial charge on any atom is -0.483 e. The predicted octanol–water partition coefficient (Wildman–Crippen LogP) is 4.58. The lowest BCUT2D eigenvalue weighted by molar-refractivity contribution is 0.278. The number of benzene rings is 2. The molecule has 0 radical (unpaired) electrons. The van der Waals surface area contributed by atoms with Crippen LogP contribution in [0.1, 0.15) is 11.6 Å². The number of halogens is 1. The second-order valence-electron chi connectivity index (χ2n) is 6.73. The number of fused-ring (bicyclic) bond motifs is 1. The summed E-state index contributed by atoms with van der Waals surface area (Å²) in [4.78, 5) is 19.6. The molecule has 10 heteroatoms. The average molecular weight is 466 g/mol. The van der Waals surface area contributed by atoms with Crippen molar-refractivity contribution in [2.45, 2.75) is 17.5 Å². The molecule has 0 unspecified atom stereocenters. The molecule has 2 aromatic carbocycles. The summed E-state index contributed by atoms with van der Waals surface area (Å²) < 4.78 is 22.1. The molecule has 3 heterocycles. The van der Waals surface area contributed by atoms with E-state index in [0.29, 0.717) is 32.8 Å². The van der Waals surface area contributed by atoms with Gasteiger partial charge in [0.2, 0.25) is 0 Å². The molecule has 5 aromatic rings. The molecule has 7 nitrogen and oxygen atoms in total. The highest BCUT2D eigenvalue weighted by molar-refractivity contribution is 7.98. The fraction of sp³-hybridized carbons (Fsp3) is 0.0909. The smallest absolute Gasteiger partial charge is 0.268 e. The molecule has 0 saturated carbocycles. The third-order valence-corrected chi connectivity index (χ3v) is 6.45. The maximum atomic E-state index is 13.9. The van der Waals surface area contributed by atoms with Gasteiger partial charge in [-0.2, -0.15) is 0 Å². The Balaban J connectivity index is 1.42. The molecule has 0 aliphatic rings. The van der Waals surface area contributed by atoms with Crippen LogP contribution in [0.4, 0.5) is 4.39 Å². The maximum Gasteiger partial charge on any atom is 0.268 e. The molecule has 160 valence electrons. The minimum absolute atomic E-state index is 0.0410. The number of rotatable bonds is 7. The number of thioether (sulfide) groups is 1. The Kier molecular flexibility index (Phi) is 5.70. The summed E-state index contributed by atoms with van der Waals surface area (Å²) >= 11 is 2.76. The van der Waals surface area contributed by atoms with Crippen molar-refractivity contribution in [1.29, 1.82) is 0 Å². The second-order valence-corrected chi connectivity index (χ2v) is 8.58. The van der Waals surface area contributed by atoms with E-state index in [1.807, 2.05) is 46.3 Å². The minimum atomic E-state index is -0.438. The van der Waals surface area contributed by atoms with Gasteiger partial charge in [0, 0.05) is 5.69 Å². The van der Waals surface area contributed by atoms with Gasteiger partial charge in [0.15, 0.2) is 22.5 Å². The van der Waals surface area contributed by atoms with E-state index in [2.05, 4.69) is 20.2 Å². The lowest BCUT2D eigenvalue weighted by Crippen LogP contribution is -2.10. The first kappa shape index (κ1) is 20.4. The van der Waals surface area contributed by atoms with Crippen molar-refractivity contribution in [3.63, 3.8) is 0 Å². The van der Waals surface area contributed by atoms with Crippen molar-refractivity contribution >= 4 is 33.3 Å². The molecule has 0 aliphatic carbocycles. The van der Waals surface area contributed by atoms with Gasteiger partial charge in [0.05, 0.1) is 11.3 Å². The highest BCUT2D eigenvalue weighted by Gasteiger charge is 2.17. The Morgan fingerprint density at radius 1 is 1.06 bits per heavy atom. The van der Waals surface area contributed by atoms with Gasteiger partial charge in [-0.1, -0.05) is 42.1 Å². The third kappa shape index (κ3) is 4.14. The number of para-hydroxylation sites is 2. The largest absolute Gasteiger partial charge is 0.483 e. The van der Waals surface area contributed by atoms with Crippen molar-refractivity contribution in [1.82, 2.24) is 24.7 Å². The fourth-order valence-electron chi connectivity index (χ4n) is 3.15. The number of thiophene rings is 1. The zero-order valence-electron chi connectivity index (χ0n) is 16.6. The van der Waals surface area contributed by atoms with E-state index in [1.165, 1.54) is 29.2 Å². The number of hydrogen-bond acceptors (Lipinski definition) is 7. The van der Waals surface area contributed by atoms with Gasteiger partial charge < -0.3 is 9.72 Å². The number of nitrogens with zero attached hydrogens (tertiary/aromatic N) is 4. The van der Waals surface area contributed by atoms with Crippen molar-refractivity contribution in [3.05, 3.63) is 93.9 Å². The Labute approximate surface area is 189 Å². The topological polar surface area (TPSA) is 85.7 Å². The number of ether oxygens (including phenoxy) is 1. The summed E-state index contributed by atoms with van der Waals surface area (Å²) in [5, 5.41) is 11.0. The number of H-pyrrole nitrogens is 1. The third-order valence-electron chi connectivity index (χ3n) is 4.61. The molecular formula is C22H16FN5O2S2. The van der Waals surface area contributed by atoms with Crippen molar-refractivity contribution in [2.24, 2.45) is 0 Å². The lowest BCUT2D eigenvalue weighted by Gasteiger charge is -2.11. The van der Waals surface area contributed by atoms with Crippen LogP contribution in [-0.2, 0) is 12.4 Å². The summed E-state index contributed by atoms with van der Waals surface area (Å²) in [5.41, 5.74) is 1.38. The lowest BCUT2D eigenvalue weighted by atomic mass is 10.3. The van der Waals surface area contributed by atoms with E-state index < -0.39 is 5.82 Å². The van der Waals surface area contributed by atoms with Crippen LogP contribution in [0.5, 0.6) is 5.75 Å². The van der Waals surface area contributed by atoms with Crippen molar-refractivity contribution in [2.75, 3.05) is 0 Å². The molecule has 0 spiro atoms. The van der Waals surface area contributed by atoms with E-state index in [1.54, 1.807) is 18.2 Å². The van der Waals surface area contributed by atoms with E-state index in [4.69, 9.17) is 4.74 Å². The van der Waals surface area contributed by atoms with Crippen LogP contribution in [0.3, 0.4) is 0 Å². The molecular weight excluding hydrogens is 449 g/mol. The fourth-order valence-corrected chi connectivity index (χ4v) is 4.72. The quantitative estimate of drug-likeness (QED) is 0.354. The predicted molar refractivity (Wildman–Crippen MR) is 122 cm³/mol. The van der Waals surface area contributed by atoms with Crippen LogP contribution in [-0.4, -0.2) is 24.7 Å². The number of aromatic nitrogens is 5. The van der Waals surface area contributed by atoms with E-state index in [-0.39, 0.29) is 17.9 Å². The summed E-state index contributed by atoms with van der Waals surface area (Å²) in [7, 11) is 0. The molecule has 0 saturated heterocycles. The Morgan fingerprint density at radius 3 is 2.72 bits per heavy atom. The average Bonchev–Trinajstić information content (AvgIpc) is 3.45. The Bertz CT molecular complexity index is 1430. The first-order valence-corrected chi connectivity index (χ1v) is 11.5. The zero-order chi connectivity index (χ0) is 21.9. The summed E-state index contributed by atoms with van der Waals surface area (Å²) in [6, 6.07) is 17.6. The molecule has 0 atom stereocenters. The Morgan fingerprint density at radius 2 is 1.88 bits per heavy atom. The standard InChI is InChI=1S/C22H16FN5O2S2/c23-15-8-4-5-9-17(15)30-12-19-26-27-22(28(19)14-6-2-1-3-7-14)32-13-18-24-16-10-11-31-20(16)21(29)25-18/h1-11H,12-13H2,(H,24,25,29). The second kappa shape index (κ2) is 8.93. The highest BCUT2D eigenvalue weighted by Crippen LogP contribution is 2.26. The maximum absolute atomic E-state index is 13.9. The molecule has 0 amide bonds. The normalized spacial score (nSPS) is 11.2. The summed E-state index contributed by atoms with van der Waals surface area (Å²) in [6.07, 6.45) is 0. The van der Waals surface area contributed by atoms with Crippen molar-refractivity contribution < 1.29 is 9.13 Å². The molecule has 0 aliphatic heterocycles. The van der Waals surface area contributed by atoms with Gasteiger partial charge in [-0.15, -0.1) is 21.5 Å². The first-order chi connectivity index (χ1) is 15.7. The van der Waals surface area contributed by atoms with Gasteiger partial charge in [-0.3, -0.25) is 9.36 Å². The van der Waals surface area contributed by atoms with Crippen molar-refractivity contribution in [3.8, 4) is 11.4 Å². The van der Waals surface area contributed by atoms with Gasteiger partial charge >= 0.3 is 0 Å². The van der Waals surface area contributed by atoms with Crippen LogP contribution in [0.25, 0.3) is 15.9 Å². The summed E-state index contributed by atoms with van der Waals surface area (Å²) in [6.45, 7) is 0.0410. The monoisotopic (exact) mass is 465 g/mol. The van der Waals surface area contributed by atoms with Crippen LogP contribution in [0, 0.1) is 5.82 Å². The van der Waals surface area contributed by atoms with Crippen LogP contribution < -0.4 is 10.3 Å². The number of aromatic amines is 1. The van der Waals surface area contributed by atoms with Crippen LogP contribution in [0.15, 0.2) is 76.0 Å². The molecule has 3 aromatic heterocycles. The van der Waals surface area contributed by atoms with Crippen LogP contribution >= 0.6 is 23.1 Å². The highest BCUT2D eigenvalue weighted by atomic mass is 32.2. The Hall–Kier alpha value is -3.50. The van der Waals surface area contributed by atoms with Gasteiger partial charge in [-0.25, -0.2) is 9.37 Å². The molecule has 5 rings (SSSR count). The molecule has 32 heavy (non-hydrogen) atoms. The van der Waals surface area contributed by atoms with E-state index >= 15 is 0 Å².